The quantitative estimate of drug-likeness (QED) is 0.716. The van der Waals surface area contributed by atoms with E-state index in [9.17, 15) is 9.59 Å². The second kappa shape index (κ2) is 7.57. The molecule has 3 rings (SSSR count). The molecule has 0 radical (unpaired) electrons. The molecule has 0 saturated heterocycles. The number of hydrogen-bond donors (Lipinski definition) is 3. The molecule has 26 heavy (non-hydrogen) atoms. The number of allylic oxidation sites excluding steroid dienone is 2. The van der Waals surface area contributed by atoms with Gasteiger partial charge in [0.15, 0.2) is 0 Å². The number of fused-ring (bicyclic) bond motifs is 1. The number of carboxylic acids is 1. The van der Waals surface area contributed by atoms with Crippen molar-refractivity contribution in [3.05, 3.63) is 46.6 Å². The fraction of sp³-hybridized carbons (Fsp3) is 0.294. The lowest BCUT2D eigenvalue weighted by Crippen LogP contribution is -2.19. The number of rotatable bonds is 6. The maximum Gasteiger partial charge on any atom is 0.303 e. The molecule has 0 aliphatic carbocycles. The molecule has 0 unspecified atom stereocenters. The second-order valence-electron chi connectivity index (χ2n) is 5.97. The van der Waals surface area contributed by atoms with Crippen LogP contribution in [0.15, 0.2) is 36.0 Å². The molecule has 2 aromatic rings. The van der Waals surface area contributed by atoms with E-state index in [0.717, 1.165) is 11.3 Å². The summed E-state index contributed by atoms with van der Waals surface area (Å²) in [6.45, 7) is 1.92. The van der Waals surface area contributed by atoms with Crippen LogP contribution in [0.5, 0.6) is 0 Å². The van der Waals surface area contributed by atoms with E-state index in [1.807, 2.05) is 37.3 Å². The van der Waals surface area contributed by atoms with Gasteiger partial charge < -0.3 is 10.4 Å². The standard InChI is InChI=1S/C17H18ClN5O3/c1-10-9-13(11-5-7-12(18)8-6-11)23-17(19-10)21-16(22-23)20-14(24)3-2-4-15(25)26/h5-9,13H,2-4H2,1H3,(H,25,26)(H2,19,20,21,22,24)/t13-/m0/s1. The summed E-state index contributed by atoms with van der Waals surface area (Å²) in [4.78, 5) is 26.7. The summed E-state index contributed by atoms with van der Waals surface area (Å²) in [5.41, 5.74) is 1.91. The van der Waals surface area contributed by atoms with Crippen molar-refractivity contribution in [3.8, 4) is 0 Å². The third-order valence-electron chi connectivity index (χ3n) is 3.87. The van der Waals surface area contributed by atoms with E-state index in [1.165, 1.54) is 0 Å². The van der Waals surface area contributed by atoms with Gasteiger partial charge in [-0.1, -0.05) is 23.7 Å². The molecule has 1 atom stereocenters. The van der Waals surface area contributed by atoms with Gasteiger partial charge in [-0.2, -0.15) is 4.98 Å². The number of carboxylic acid groups (broad SMARTS) is 1. The monoisotopic (exact) mass is 375 g/mol. The van der Waals surface area contributed by atoms with E-state index < -0.39 is 5.97 Å². The summed E-state index contributed by atoms with van der Waals surface area (Å²) < 4.78 is 1.68. The summed E-state index contributed by atoms with van der Waals surface area (Å²) >= 11 is 5.96. The number of aromatic nitrogens is 3. The maximum absolute atomic E-state index is 11.9. The molecule has 1 aromatic heterocycles. The zero-order chi connectivity index (χ0) is 18.7. The number of aliphatic carboxylic acids is 1. The molecule has 0 saturated carbocycles. The van der Waals surface area contributed by atoms with Crippen molar-refractivity contribution in [2.75, 3.05) is 10.6 Å². The number of benzene rings is 1. The van der Waals surface area contributed by atoms with Crippen LogP contribution in [0.1, 0.15) is 37.8 Å². The summed E-state index contributed by atoms with van der Waals surface area (Å²) in [5.74, 6) is -0.549. The molecule has 136 valence electrons. The minimum Gasteiger partial charge on any atom is -0.481 e. The number of amides is 1. The van der Waals surface area contributed by atoms with Gasteiger partial charge in [0.1, 0.15) is 6.04 Å². The molecule has 2 heterocycles. The first-order chi connectivity index (χ1) is 12.4. The first-order valence-electron chi connectivity index (χ1n) is 8.11. The van der Waals surface area contributed by atoms with Crippen molar-refractivity contribution >= 4 is 35.4 Å². The average Bonchev–Trinajstić information content (AvgIpc) is 2.96. The molecule has 0 spiro atoms. The fourth-order valence-electron chi connectivity index (χ4n) is 2.67. The summed E-state index contributed by atoms with van der Waals surface area (Å²) in [6, 6.07) is 7.28. The number of hydrogen-bond acceptors (Lipinski definition) is 5. The Bertz CT molecular complexity index is 860. The lowest BCUT2D eigenvalue weighted by molar-refractivity contribution is -0.137. The fourth-order valence-corrected chi connectivity index (χ4v) is 2.79. The molecular weight excluding hydrogens is 358 g/mol. The van der Waals surface area contributed by atoms with E-state index in [4.69, 9.17) is 16.7 Å². The lowest BCUT2D eigenvalue weighted by Gasteiger charge is -2.22. The Morgan fingerprint density at radius 1 is 1.31 bits per heavy atom. The predicted octanol–water partition coefficient (Wildman–Crippen LogP) is 3.04. The number of carbonyl (C=O) groups excluding carboxylic acids is 1. The number of carbonyl (C=O) groups is 2. The third-order valence-corrected chi connectivity index (χ3v) is 4.12. The van der Waals surface area contributed by atoms with Crippen molar-refractivity contribution in [1.82, 2.24) is 14.8 Å². The van der Waals surface area contributed by atoms with Gasteiger partial charge in [-0.25, -0.2) is 4.68 Å². The Labute approximate surface area is 154 Å². The van der Waals surface area contributed by atoms with Crippen LogP contribution in [0, 0.1) is 0 Å². The molecule has 1 aliphatic heterocycles. The Balaban J connectivity index is 1.76. The normalized spacial score (nSPS) is 15.6. The minimum atomic E-state index is -0.926. The van der Waals surface area contributed by atoms with E-state index in [0.29, 0.717) is 11.0 Å². The SMILES string of the molecule is CC1=C[C@@H](c2ccc(Cl)cc2)n2nc(NC(=O)CCCC(=O)O)nc2N1. The number of nitrogens with one attached hydrogen (secondary N) is 2. The lowest BCUT2D eigenvalue weighted by atomic mass is 10.1. The highest BCUT2D eigenvalue weighted by Crippen LogP contribution is 2.30. The first kappa shape index (κ1) is 17.9. The molecule has 1 aromatic carbocycles. The van der Waals surface area contributed by atoms with Gasteiger partial charge in [0, 0.05) is 23.6 Å². The van der Waals surface area contributed by atoms with Crippen LogP contribution in [0.2, 0.25) is 5.02 Å². The van der Waals surface area contributed by atoms with E-state index >= 15 is 0 Å². The van der Waals surface area contributed by atoms with Crippen molar-refractivity contribution in [2.45, 2.75) is 32.2 Å². The van der Waals surface area contributed by atoms with Crippen LogP contribution in [-0.4, -0.2) is 31.7 Å². The number of halogens is 1. The molecule has 3 N–H and O–H groups in total. The highest BCUT2D eigenvalue weighted by molar-refractivity contribution is 6.30. The van der Waals surface area contributed by atoms with Gasteiger partial charge in [0.05, 0.1) is 0 Å². The Morgan fingerprint density at radius 3 is 2.73 bits per heavy atom. The largest absolute Gasteiger partial charge is 0.481 e. The molecule has 9 heteroatoms. The van der Waals surface area contributed by atoms with Crippen LogP contribution in [0.25, 0.3) is 0 Å². The van der Waals surface area contributed by atoms with Crippen LogP contribution in [-0.2, 0) is 9.59 Å². The zero-order valence-corrected chi connectivity index (χ0v) is 14.8. The Hall–Kier alpha value is -2.87. The second-order valence-corrected chi connectivity index (χ2v) is 6.41. The highest BCUT2D eigenvalue weighted by Gasteiger charge is 2.23. The van der Waals surface area contributed by atoms with Gasteiger partial charge >= 0.3 is 5.97 Å². The third kappa shape index (κ3) is 4.20. The van der Waals surface area contributed by atoms with Gasteiger partial charge in [0.25, 0.3) is 5.95 Å². The summed E-state index contributed by atoms with van der Waals surface area (Å²) in [7, 11) is 0. The number of anilines is 2. The number of nitrogens with zero attached hydrogens (tertiary/aromatic N) is 3. The van der Waals surface area contributed by atoms with Crippen LogP contribution >= 0.6 is 11.6 Å². The molecular formula is C17H18ClN5O3. The molecule has 1 amide bonds. The maximum atomic E-state index is 11.9. The Morgan fingerprint density at radius 2 is 2.04 bits per heavy atom. The molecule has 8 nitrogen and oxygen atoms in total. The molecule has 0 bridgehead atoms. The minimum absolute atomic E-state index is 0.0517. The van der Waals surface area contributed by atoms with Gasteiger partial charge in [-0.05, 0) is 37.1 Å². The van der Waals surface area contributed by atoms with Gasteiger partial charge in [-0.3, -0.25) is 14.9 Å². The first-order valence-corrected chi connectivity index (χ1v) is 8.49. The van der Waals surface area contributed by atoms with Crippen molar-refractivity contribution < 1.29 is 14.7 Å². The van der Waals surface area contributed by atoms with E-state index in [2.05, 4.69) is 20.7 Å². The average molecular weight is 376 g/mol. The highest BCUT2D eigenvalue weighted by atomic mass is 35.5. The molecule has 0 fully saturated rings. The van der Waals surface area contributed by atoms with Crippen LogP contribution in [0.3, 0.4) is 0 Å². The molecule has 1 aliphatic rings. The van der Waals surface area contributed by atoms with Crippen molar-refractivity contribution in [1.29, 1.82) is 0 Å². The van der Waals surface area contributed by atoms with Crippen molar-refractivity contribution in [2.24, 2.45) is 0 Å². The topological polar surface area (TPSA) is 109 Å². The summed E-state index contributed by atoms with van der Waals surface area (Å²) in [5, 5.41) is 19.4. The van der Waals surface area contributed by atoms with Crippen molar-refractivity contribution in [3.63, 3.8) is 0 Å². The van der Waals surface area contributed by atoms with E-state index in [-0.39, 0.29) is 37.2 Å². The Kier molecular flexibility index (Phi) is 5.22. The van der Waals surface area contributed by atoms with E-state index in [1.54, 1.807) is 4.68 Å². The predicted molar refractivity (Wildman–Crippen MR) is 97.1 cm³/mol. The van der Waals surface area contributed by atoms with Gasteiger partial charge in [0.2, 0.25) is 11.9 Å². The van der Waals surface area contributed by atoms with Crippen LogP contribution in [0.4, 0.5) is 11.9 Å². The summed E-state index contributed by atoms with van der Waals surface area (Å²) in [6.07, 6.45) is 2.32. The van der Waals surface area contributed by atoms with Crippen LogP contribution < -0.4 is 10.6 Å². The smallest absolute Gasteiger partial charge is 0.303 e. The zero-order valence-electron chi connectivity index (χ0n) is 14.1. The van der Waals surface area contributed by atoms with Gasteiger partial charge in [-0.15, -0.1) is 5.10 Å².